The summed E-state index contributed by atoms with van der Waals surface area (Å²) in [4.78, 5) is 15.8. The Morgan fingerprint density at radius 3 is 2.56 bits per heavy atom. The van der Waals surface area contributed by atoms with Gasteiger partial charge in [-0.25, -0.2) is 9.18 Å². The van der Waals surface area contributed by atoms with Crippen molar-refractivity contribution in [2.75, 3.05) is 14.2 Å². The Bertz CT molecular complexity index is 965. The van der Waals surface area contributed by atoms with Crippen LogP contribution >= 0.6 is 0 Å². The highest BCUT2D eigenvalue weighted by molar-refractivity contribution is 5.65. The first kappa shape index (κ1) is 22.4. The van der Waals surface area contributed by atoms with Crippen molar-refractivity contribution < 1.29 is 23.8 Å². The minimum Gasteiger partial charge on any atom is -0.465 e. The van der Waals surface area contributed by atoms with Gasteiger partial charge in [-0.1, -0.05) is 24.3 Å². The summed E-state index contributed by atoms with van der Waals surface area (Å²) in [6.45, 7) is 0. The van der Waals surface area contributed by atoms with Crippen molar-refractivity contribution >= 4 is 12.2 Å². The summed E-state index contributed by atoms with van der Waals surface area (Å²) >= 11 is 0. The van der Waals surface area contributed by atoms with Crippen LogP contribution in [0.5, 0.6) is 0 Å². The Kier molecular flexibility index (Phi) is 6.86. The van der Waals surface area contributed by atoms with E-state index in [1.807, 2.05) is 24.3 Å². The highest BCUT2D eigenvalue weighted by Crippen LogP contribution is 2.48. The van der Waals surface area contributed by atoms with Gasteiger partial charge in [-0.05, 0) is 60.9 Å². The first-order valence-electron chi connectivity index (χ1n) is 10.9. The summed E-state index contributed by atoms with van der Waals surface area (Å²) < 4.78 is 24.9. The van der Waals surface area contributed by atoms with E-state index in [0.29, 0.717) is 11.8 Å². The second-order valence-corrected chi connectivity index (χ2v) is 8.65. The van der Waals surface area contributed by atoms with E-state index in [1.165, 1.54) is 12.1 Å². The summed E-state index contributed by atoms with van der Waals surface area (Å²) in [6.07, 6.45) is 7.29. The molecule has 6 nitrogen and oxygen atoms in total. The Labute approximate surface area is 187 Å². The van der Waals surface area contributed by atoms with Crippen molar-refractivity contribution in [3.8, 4) is 11.1 Å². The number of ether oxygens (including phenoxy) is 2. The molecule has 0 aliphatic heterocycles. The van der Waals surface area contributed by atoms with Crippen LogP contribution in [0.3, 0.4) is 0 Å². The standard InChI is InChI=1S/C25H29FN2O4/c1-31-23-11-17-12-24(32-2)22(28-25(29)30)13-21(17)20(23)9-8-19-7-6-16(14-27-19)15-4-3-5-18(26)10-15/h3-10,14,17,20-24,28H,11-13H2,1-2H3,(H,29,30)/t17-,20-,21+,22-,23-,24+/m0/s1. The Morgan fingerprint density at radius 2 is 1.91 bits per heavy atom. The fraction of sp³-hybridized carbons (Fsp3) is 0.440. The number of pyridine rings is 1. The number of nitrogens with zero attached hydrogens (tertiary/aromatic N) is 1. The van der Waals surface area contributed by atoms with Crippen molar-refractivity contribution in [1.29, 1.82) is 0 Å². The predicted molar refractivity (Wildman–Crippen MR) is 120 cm³/mol. The number of carbonyl (C=O) groups is 1. The van der Waals surface area contributed by atoms with Crippen LogP contribution in [0.15, 0.2) is 48.7 Å². The van der Waals surface area contributed by atoms with Crippen LogP contribution in [-0.4, -0.2) is 48.7 Å². The van der Waals surface area contributed by atoms with E-state index in [0.717, 1.165) is 36.1 Å². The highest BCUT2D eigenvalue weighted by atomic mass is 19.1. The molecule has 2 aromatic rings. The molecule has 2 N–H and O–H groups in total. The molecule has 0 radical (unpaired) electrons. The fourth-order valence-corrected chi connectivity index (χ4v) is 5.39. The Balaban J connectivity index is 1.50. The number of carboxylic acid groups (broad SMARTS) is 1. The van der Waals surface area contributed by atoms with Gasteiger partial charge in [-0.2, -0.15) is 0 Å². The minimum atomic E-state index is -1.02. The molecule has 6 atom stereocenters. The SMILES string of the molecule is CO[C@H]1C[C@H]2C[C@@H](OC)[C@@H](NC(=O)O)C[C@H]2[C@@H]1C=Cc1ccc(-c2cccc(F)c2)cn1. The lowest BCUT2D eigenvalue weighted by Gasteiger charge is -2.39. The number of benzene rings is 1. The first-order valence-corrected chi connectivity index (χ1v) is 10.9. The van der Waals surface area contributed by atoms with Gasteiger partial charge in [-0.15, -0.1) is 0 Å². The number of hydrogen-bond donors (Lipinski definition) is 2. The number of rotatable bonds is 6. The maximum absolute atomic E-state index is 13.5. The van der Waals surface area contributed by atoms with Crippen molar-refractivity contribution in [3.05, 3.63) is 60.2 Å². The topological polar surface area (TPSA) is 80.7 Å². The lowest BCUT2D eigenvalue weighted by molar-refractivity contribution is 0.00551. The molecule has 2 aliphatic rings. The molecule has 2 aliphatic carbocycles. The summed E-state index contributed by atoms with van der Waals surface area (Å²) in [5, 5.41) is 11.9. The number of hydrogen-bond acceptors (Lipinski definition) is 4. The molecule has 0 unspecified atom stereocenters. The molecule has 32 heavy (non-hydrogen) atoms. The Hall–Kier alpha value is -2.77. The lowest BCUT2D eigenvalue weighted by Crippen LogP contribution is -2.49. The third-order valence-corrected chi connectivity index (χ3v) is 6.92. The fourth-order valence-electron chi connectivity index (χ4n) is 5.39. The van der Waals surface area contributed by atoms with Crippen LogP contribution in [0, 0.1) is 23.6 Å². The zero-order chi connectivity index (χ0) is 22.7. The van der Waals surface area contributed by atoms with Gasteiger partial charge in [0, 0.05) is 31.9 Å². The van der Waals surface area contributed by atoms with Gasteiger partial charge >= 0.3 is 6.09 Å². The van der Waals surface area contributed by atoms with Crippen LogP contribution in [0.25, 0.3) is 17.2 Å². The molecular weight excluding hydrogens is 411 g/mol. The Morgan fingerprint density at radius 1 is 1.12 bits per heavy atom. The summed E-state index contributed by atoms with van der Waals surface area (Å²) in [7, 11) is 3.37. The average Bonchev–Trinajstić information content (AvgIpc) is 3.13. The quantitative estimate of drug-likeness (QED) is 0.686. The summed E-state index contributed by atoms with van der Waals surface area (Å²) in [5.41, 5.74) is 2.46. The van der Waals surface area contributed by atoms with Crippen molar-refractivity contribution in [1.82, 2.24) is 10.3 Å². The van der Waals surface area contributed by atoms with Gasteiger partial charge in [0.2, 0.25) is 0 Å². The van der Waals surface area contributed by atoms with Crippen molar-refractivity contribution in [2.45, 2.75) is 37.5 Å². The minimum absolute atomic E-state index is 0.0777. The van der Waals surface area contributed by atoms with Crippen LogP contribution in [0.4, 0.5) is 9.18 Å². The number of aromatic nitrogens is 1. The predicted octanol–water partition coefficient (Wildman–Crippen LogP) is 4.61. The molecule has 1 amide bonds. The monoisotopic (exact) mass is 440 g/mol. The van der Waals surface area contributed by atoms with E-state index in [4.69, 9.17) is 9.47 Å². The average molecular weight is 441 g/mol. The van der Waals surface area contributed by atoms with Gasteiger partial charge in [-0.3, -0.25) is 4.98 Å². The van der Waals surface area contributed by atoms with Crippen LogP contribution in [-0.2, 0) is 9.47 Å². The molecule has 1 heterocycles. The smallest absolute Gasteiger partial charge is 0.404 e. The third kappa shape index (κ3) is 4.84. The second-order valence-electron chi connectivity index (χ2n) is 8.65. The molecule has 2 fully saturated rings. The number of fused-ring (bicyclic) bond motifs is 1. The number of nitrogens with one attached hydrogen (secondary N) is 1. The van der Waals surface area contributed by atoms with Crippen molar-refractivity contribution in [3.63, 3.8) is 0 Å². The van der Waals surface area contributed by atoms with Gasteiger partial charge in [0.25, 0.3) is 0 Å². The van der Waals surface area contributed by atoms with Gasteiger partial charge in [0.1, 0.15) is 5.82 Å². The third-order valence-electron chi connectivity index (χ3n) is 6.92. The van der Waals surface area contributed by atoms with E-state index in [-0.39, 0.29) is 30.0 Å². The number of methoxy groups -OCH3 is 2. The summed E-state index contributed by atoms with van der Waals surface area (Å²) in [6, 6.07) is 10.1. The van der Waals surface area contributed by atoms with E-state index in [1.54, 1.807) is 26.5 Å². The van der Waals surface area contributed by atoms with Gasteiger partial charge in [0.15, 0.2) is 0 Å². The molecule has 170 valence electrons. The van der Waals surface area contributed by atoms with Gasteiger partial charge < -0.3 is 19.9 Å². The molecule has 1 aromatic heterocycles. The molecular formula is C25H29FN2O4. The van der Waals surface area contributed by atoms with E-state index < -0.39 is 6.09 Å². The maximum Gasteiger partial charge on any atom is 0.404 e. The molecule has 2 saturated carbocycles. The van der Waals surface area contributed by atoms with E-state index >= 15 is 0 Å². The molecule has 0 saturated heterocycles. The van der Waals surface area contributed by atoms with Crippen molar-refractivity contribution in [2.24, 2.45) is 17.8 Å². The van der Waals surface area contributed by atoms with Gasteiger partial charge in [0.05, 0.1) is 23.9 Å². The van der Waals surface area contributed by atoms with Crippen LogP contribution < -0.4 is 5.32 Å². The van der Waals surface area contributed by atoms with E-state index in [9.17, 15) is 14.3 Å². The number of halogens is 1. The highest BCUT2D eigenvalue weighted by Gasteiger charge is 2.48. The van der Waals surface area contributed by atoms with E-state index in [2.05, 4.69) is 16.4 Å². The second kappa shape index (κ2) is 9.79. The molecule has 0 bridgehead atoms. The largest absolute Gasteiger partial charge is 0.465 e. The molecule has 1 aromatic carbocycles. The zero-order valence-corrected chi connectivity index (χ0v) is 18.3. The number of amides is 1. The lowest BCUT2D eigenvalue weighted by atomic mass is 9.74. The van der Waals surface area contributed by atoms with Crippen LogP contribution in [0.2, 0.25) is 0 Å². The normalized spacial score (nSPS) is 29.7. The zero-order valence-electron chi connectivity index (χ0n) is 18.3. The molecule has 7 heteroatoms. The summed E-state index contributed by atoms with van der Waals surface area (Å²) in [5.74, 6) is 0.637. The molecule has 0 spiro atoms. The van der Waals surface area contributed by atoms with Crippen LogP contribution in [0.1, 0.15) is 25.0 Å². The molecule has 4 rings (SSSR count). The first-order chi connectivity index (χ1) is 15.5. The maximum atomic E-state index is 13.5.